The topological polar surface area (TPSA) is 81.4 Å². The zero-order chi connectivity index (χ0) is 15.6. The van der Waals surface area contributed by atoms with Crippen LogP contribution in [0.25, 0.3) is 0 Å². The molecule has 0 amide bonds. The highest BCUT2D eigenvalue weighted by atomic mass is 32.2. The zero-order valence-corrected chi connectivity index (χ0v) is 12.4. The maximum absolute atomic E-state index is 13.3. The van der Waals surface area contributed by atoms with E-state index < -0.39 is 15.8 Å². The molecule has 2 rings (SSSR count). The molecule has 0 fully saturated rings. The van der Waals surface area contributed by atoms with Crippen molar-refractivity contribution in [3.05, 3.63) is 47.8 Å². The molecule has 3 N–H and O–H groups in total. The van der Waals surface area contributed by atoms with Crippen molar-refractivity contribution in [3.8, 4) is 11.5 Å². The van der Waals surface area contributed by atoms with Gasteiger partial charge >= 0.3 is 0 Å². The summed E-state index contributed by atoms with van der Waals surface area (Å²) < 4.78 is 45.0. The highest BCUT2D eigenvalue weighted by molar-refractivity contribution is 7.89. The summed E-state index contributed by atoms with van der Waals surface area (Å²) in [6.45, 7) is 1.73. The van der Waals surface area contributed by atoms with E-state index in [1.54, 1.807) is 13.0 Å². The Morgan fingerprint density at radius 3 is 2.52 bits per heavy atom. The molecule has 5 nitrogen and oxygen atoms in total. The fourth-order valence-electron chi connectivity index (χ4n) is 1.73. The van der Waals surface area contributed by atoms with E-state index in [4.69, 9.17) is 10.5 Å². The average molecular weight is 310 g/mol. The summed E-state index contributed by atoms with van der Waals surface area (Å²) in [5.74, 6) is -0.149. The molecule has 0 aliphatic carbocycles. The van der Waals surface area contributed by atoms with Gasteiger partial charge in [-0.3, -0.25) is 0 Å². The molecule has 21 heavy (non-hydrogen) atoms. The fourth-order valence-corrected chi connectivity index (χ4v) is 2.62. The van der Waals surface area contributed by atoms with Gasteiger partial charge in [0, 0.05) is 11.8 Å². The number of rotatable bonds is 4. The second-order valence-electron chi connectivity index (χ2n) is 4.43. The summed E-state index contributed by atoms with van der Waals surface area (Å²) >= 11 is 0. The molecule has 0 saturated heterocycles. The lowest BCUT2D eigenvalue weighted by molar-refractivity contribution is 0.458. The van der Waals surface area contributed by atoms with Gasteiger partial charge in [0.25, 0.3) is 0 Å². The third-order valence-corrected chi connectivity index (χ3v) is 4.33. The highest BCUT2D eigenvalue weighted by Gasteiger charge is 2.19. The minimum atomic E-state index is -3.74. The van der Waals surface area contributed by atoms with E-state index in [0.29, 0.717) is 5.56 Å². The molecule has 0 unspecified atom stereocenters. The molecule has 0 saturated carbocycles. The molecule has 0 aliphatic rings. The van der Waals surface area contributed by atoms with Gasteiger partial charge in [0.2, 0.25) is 10.0 Å². The SMILES string of the molecule is CNS(=O)(=O)c1cc(N)ccc1Oc1cc(F)ccc1C. The predicted molar refractivity (Wildman–Crippen MR) is 78.3 cm³/mol. The number of hydrogen-bond donors (Lipinski definition) is 2. The van der Waals surface area contributed by atoms with Gasteiger partial charge in [-0.25, -0.2) is 17.5 Å². The van der Waals surface area contributed by atoms with Crippen LogP contribution in [-0.2, 0) is 10.0 Å². The van der Waals surface area contributed by atoms with Crippen molar-refractivity contribution in [1.82, 2.24) is 4.72 Å². The number of hydrogen-bond acceptors (Lipinski definition) is 4. The van der Waals surface area contributed by atoms with Crippen LogP contribution in [0.1, 0.15) is 5.56 Å². The second-order valence-corrected chi connectivity index (χ2v) is 6.28. The zero-order valence-electron chi connectivity index (χ0n) is 11.6. The molecule has 2 aromatic rings. The van der Waals surface area contributed by atoms with Crippen molar-refractivity contribution < 1.29 is 17.5 Å². The van der Waals surface area contributed by atoms with Crippen LogP contribution in [0.4, 0.5) is 10.1 Å². The van der Waals surface area contributed by atoms with Gasteiger partial charge in [0.05, 0.1) is 0 Å². The monoisotopic (exact) mass is 310 g/mol. The lowest BCUT2D eigenvalue weighted by atomic mass is 10.2. The van der Waals surface area contributed by atoms with Gasteiger partial charge < -0.3 is 10.5 Å². The first-order valence-corrected chi connectivity index (χ1v) is 7.59. The van der Waals surface area contributed by atoms with E-state index >= 15 is 0 Å². The number of sulfonamides is 1. The van der Waals surface area contributed by atoms with E-state index in [1.165, 1.54) is 37.4 Å². The van der Waals surface area contributed by atoms with E-state index in [9.17, 15) is 12.8 Å². The molecule has 0 radical (unpaired) electrons. The molecule has 0 aromatic heterocycles. The van der Waals surface area contributed by atoms with Crippen molar-refractivity contribution in [2.45, 2.75) is 11.8 Å². The van der Waals surface area contributed by atoms with Crippen LogP contribution in [0.15, 0.2) is 41.3 Å². The highest BCUT2D eigenvalue weighted by Crippen LogP contribution is 2.32. The van der Waals surface area contributed by atoms with Crippen LogP contribution in [0.5, 0.6) is 11.5 Å². The van der Waals surface area contributed by atoms with Crippen LogP contribution in [0, 0.1) is 12.7 Å². The van der Waals surface area contributed by atoms with Gasteiger partial charge in [0.15, 0.2) is 0 Å². The standard InChI is InChI=1S/C14H15FN2O3S/c1-9-3-4-10(15)7-13(9)20-12-6-5-11(16)8-14(12)21(18,19)17-2/h3-8,17H,16H2,1-2H3. The van der Waals surface area contributed by atoms with Gasteiger partial charge in [-0.2, -0.15) is 0 Å². The molecular weight excluding hydrogens is 295 g/mol. The van der Waals surface area contributed by atoms with E-state index in [-0.39, 0.29) is 22.1 Å². The molecular formula is C14H15FN2O3S. The largest absolute Gasteiger partial charge is 0.456 e. The molecule has 0 bridgehead atoms. The molecule has 7 heteroatoms. The Labute approximate surface area is 122 Å². The van der Waals surface area contributed by atoms with Gasteiger partial charge in [-0.15, -0.1) is 0 Å². The van der Waals surface area contributed by atoms with Gasteiger partial charge in [-0.05, 0) is 43.8 Å². The van der Waals surface area contributed by atoms with Crippen molar-refractivity contribution in [2.24, 2.45) is 0 Å². The Hall–Kier alpha value is -2.12. The lowest BCUT2D eigenvalue weighted by Gasteiger charge is -2.13. The molecule has 0 atom stereocenters. The van der Waals surface area contributed by atoms with Crippen molar-refractivity contribution in [2.75, 3.05) is 12.8 Å². The number of ether oxygens (including phenoxy) is 1. The smallest absolute Gasteiger partial charge is 0.244 e. The van der Waals surface area contributed by atoms with Crippen LogP contribution in [0.3, 0.4) is 0 Å². The molecule has 0 spiro atoms. The number of benzene rings is 2. The summed E-state index contributed by atoms with van der Waals surface area (Å²) in [5, 5.41) is 0. The number of aryl methyl sites for hydroxylation is 1. The summed E-state index contributed by atoms with van der Waals surface area (Å²) in [5.41, 5.74) is 6.58. The second kappa shape index (κ2) is 5.71. The first-order chi connectivity index (χ1) is 9.83. The summed E-state index contributed by atoms with van der Waals surface area (Å²) in [6, 6.07) is 8.28. The van der Waals surface area contributed by atoms with Crippen LogP contribution in [-0.4, -0.2) is 15.5 Å². The normalized spacial score (nSPS) is 11.4. The minimum Gasteiger partial charge on any atom is -0.456 e. The van der Waals surface area contributed by atoms with E-state index in [1.807, 2.05) is 0 Å². The Morgan fingerprint density at radius 2 is 1.86 bits per heavy atom. The van der Waals surface area contributed by atoms with E-state index in [2.05, 4.69) is 4.72 Å². The average Bonchev–Trinajstić information content (AvgIpc) is 2.44. The van der Waals surface area contributed by atoms with Crippen LogP contribution < -0.4 is 15.2 Å². The van der Waals surface area contributed by atoms with Gasteiger partial charge in [0.1, 0.15) is 22.2 Å². The minimum absolute atomic E-state index is 0.0762. The van der Waals surface area contributed by atoms with Crippen molar-refractivity contribution in [1.29, 1.82) is 0 Å². The number of anilines is 1. The number of nitrogens with two attached hydrogens (primary N) is 1. The first kappa shape index (κ1) is 15.3. The van der Waals surface area contributed by atoms with Crippen molar-refractivity contribution in [3.63, 3.8) is 0 Å². The Balaban J connectivity index is 2.52. The number of nitrogen functional groups attached to an aromatic ring is 1. The predicted octanol–water partition coefficient (Wildman–Crippen LogP) is 2.42. The quantitative estimate of drug-likeness (QED) is 0.850. The third kappa shape index (κ3) is 3.32. The van der Waals surface area contributed by atoms with Crippen molar-refractivity contribution >= 4 is 15.7 Å². The Bertz CT molecular complexity index is 776. The third-order valence-electron chi connectivity index (χ3n) is 2.90. The van der Waals surface area contributed by atoms with Crippen LogP contribution in [0.2, 0.25) is 0 Å². The number of nitrogens with one attached hydrogen (secondary N) is 1. The van der Waals surface area contributed by atoms with E-state index in [0.717, 1.165) is 0 Å². The maximum Gasteiger partial charge on any atom is 0.244 e. The summed E-state index contributed by atoms with van der Waals surface area (Å²) in [4.78, 5) is -0.103. The summed E-state index contributed by atoms with van der Waals surface area (Å²) in [6.07, 6.45) is 0. The number of halogens is 1. The molecule has 112 valence electrons. The summed E-state index contributed by atoms with van der Waals surface area (Å²) in [7, 11) is -2.46. The van der Waals surface area contributed by atoms with Gasteiger partial charge in [-0.1, -0.05) is 6.07 Å². The Kier molecular flexibility index (Phi) is 4.15. The Morgan fingerprint density at radius 1 is 1.14 bits per heavy atom. The molecule has 2 aromatic carbocycles. The fraction of sp³-hybridized carbons (Fsp3) is 0.143. The molecule has 0 heterocycles. The van der Waals surface area contributed by atoms with Crippen LogP contribution >= 0.6 is 0 Å². The maximum atomic E-state index is 13.3. The lowest BCUT2D eigenvalue weighted by Crippen LogP contribution is -2.19. The molecule has 0 aliphatic heterocycles. The first-order valence-electron chi connectivity index (χ1n) is 6.10.